The monoisotopic (exact) mass is 443 g/mol. The molecule has 3 aromatic carbocycles. The molecule has 4 nitrogen and oxygen atoms in total. The zero-order valence-corrected chi connectivity index (χ0v) is 18.3. The number of nitrogens with zero attached hydrogens (tertiary/aromatic N) is 1. The van der Waals surface area contributed by atoms with Gasteiger partial charge in [-0.3, -0.25) is 4.79 Å². The van der Waals surface area contributed by atoms with Gasteiger partial charge in [0.2, 0.25) is 0 Å². The predicted octanol–water partition coefficient (Wildman–Crippen LogP) is 6.61. The zero-order chi connectivity index (χ0) is 22.3. The normalized spacial score (nSPS) is 10.9. The minimum Gasteiger partial charge on any atom is -0.496 e. The summed E-state index contributed by atoms with van der Waals surface area (Å²) < 4.78 is 13.3. The fraction of sp³-hybridized carbons (Fsp3) is 0.0741. The summed E-state index contributed by atoms with van der Waals surface area (Å²) in [6, 6.07) is 24.5. The maximum Gasteiger partial charge on any atom is 0.185 e. The first-order valence-corrected chi connectivity index (χ1v) is 10.5. The molecular weight excluding hydrogens is 422 g/mol. The molecule has 0 bridgehead atoms. The van der Waals surface area contributed by atoms with Gasteiger partial charge in [-0.05, 0) is 72.3 Å². The highest BCUT2D eigenvalue weighted by molar-refractivity contribution is 6.32. The van der Waals surface area contributed by atoms with Gasteiger partial charge in [0, 0.05) is 29.2 Å². The van der Waals surface area contributed by atoms with Crippen LogP contribution in [0.25, 0.3) is 11.8 Å². The van der Waals surface area contributed by atoms with Crippen LogP contribution in [0.4, 0.5) is 0 Å². The highest BCUT2D eigenvalue weighted by Gasteiger charge is 2.08. The summed E-state index contributed by atoms with van der Waals surface area (Å²) in [7, 11) is 1.62. The summed E-state index contributed by atoms with van der Waals surface area (Å²) in [6.07, 6.45) is 7.30. The Morgan fingerprint density at radius 3 is 2.41 bits per heavy atom. The van der Waals surface area contributed by atoms with E-state index in [0.29, 0.717) is 28.7 Å². The molecule has 4 aromatic rings. The molecule has 0 spiro atoms. The number of hydrogen-bond donors (Lipinski definition) is 0. The van der Waals surface area contributed by atoms with E-state index in [1.807, 2.05) is 89.8 Å². The van der Waals surface area contributed by atoms with Crippen LogP contribution >= 0.6 is 11.6 Å². The molecule has 0 aliphatic heterocycles. The van der Waals surface area contributed by atoms with Crippen molar-refractivity contribution in [2.75, 3.05) is 7.11 Å². The van der Waals surface area contributed by atoms with Gasteiger partial charge in [0.25, 0.3) is 0 Å². The Bertz CT molecular complexity index is 1230. The van der Waals surface area contributed by atoms with Gasteiger partial charge in [-0.15, -0.1) is 0 Å². The van der Waals surface area contributed by atoms with Crippen LogP contribution in [-0.4, -0.2) is 17.5 Å². The van der Waals surface area contributed by atoms with E-state index in [0.717, 1.165) is 16.8 Å². The molecule has 0 N–H and O–H groups in total. The van der Waals surface area contributed by atoms with Crippen molar-refractivity contribution in [3.63, 3.8) is 0 Å². The Morgan fingerprint density at radius 1 is 0.938 bits per heavy atom. The molecule has 0 amide bonds. The van der Waals surface area contributed by atoms with Crippen LogP contribution in [0.3, 0.4) is 0 Å². The fourth-order valence-corrected chi connectivity index (χ4v) is 3.50. The minimum absolute atomic E-state index is 0.0614. The lowest BCUT2D eigenvalue weighted by Gasteiger charge is -2.12. The van der Waals surface area contributed by atoms with E-state index >= 15 is 0 Å². The molecule has 0 saturated heterocycles. The first kappa shape index (κ1) is 21.5. The van der Waals surface area contributed by atoms with Gasteiger partial charge in [-0.25, -0.2) is 0 Å². The second-order valence-corrected chi connectivity index (χ2v) is 7.53. The van der Waals surface area contributed by atoms with E-state index in [1.165, 1.54) is 0 Å². The second kappa shape index (κ2) is 10.0. The molecule has 4 rings (SSSR count). The van der Waals surface area contributed by atoms with Gasteiger partial charge in [0.15, 0.2) is 5.78 Å². The van der Waals surface area contributed by atoms with E-state index < -0.39 is 0 Å². The van der Waals surface area contributed by atoms with Gasteiger partial charge in [0.1, 0.15) is 18.1 Å². The number of carbonyl (C=O) groups excluding carboxylic acids is 1. The number of allylic oxidation sites excluding steroid dienone is 1. The van der Waals surface area contributed by atoms with Crippen LogP contribution in [0.2, 0.25) is 5.02 Å². The number of rotatable bonds is 8. The number of halogens is 1. The number of hydrogen-bond acceptors (Lipinski definition) is 3. The molecule has 0 fully saturated rings. The Kier molecular flexibility index (Phi) is 6.73. The molecule has 160 valence electrons. The molecule has 5 heteroatoms. The summed E-state index contributed by atoms with van der Waals surface area (Å²) in [5.41, 5.74) is 3.38. The molecule has 0 radical (unpaired) electrons. The van der Waals surface area contributed by atoms with E-state index in [-0.39, 0.29) is 5.78 Å². The maximum absolute atomic E-state index is 12.6. The summed E-state index contributed by atoms with van der Waals surface area (Å²) >= 11 is 6.17. The maximum atomic E-state index is 12.6. The van der Waals surface area contributed by atoms with Crippen molar-refractivity contribution in [3.05, 3.63) is 119 Å². The van der Waals surface area contributed by atoms with Crippen LogP contribution in [-0.2, 0) is 6.61 Å². The van der Waals surface area contributed by atoms with Crippen molar-refractivity contribution >= 4 is 23.5 Å². The summed E-state index contributed by atoms with van der Waals surface area (Å²) in [5, 5.41) is 0.552. The first-order valence-electron chi connectivity index (χ1n) is 10.1. The number of ether oxygens (including phenoxy) is 2. The molecule has 0 atom stereocenters. The molecule has 1 heterocycles. The predicted molar refractivity (Wildman–Crippen MR) is 128 cm³/mol. The van der Waals surface area contributed by atoms with Gasteiger partial charge in [0.05, 0.1) is 12.1 Å². The molecule has 0 aliphatic rings. The molecule has 0 saturated carbocycles. The van der Waals surface area contributed by atoms with E-state index in [9.17, 15) is 4.79 Å². The van der Waals surface area contributed by atoms with Crippen LogP contribution < -0.4 is 9.47 Å². The van der Waals surface area contributed by atoms with Crippen molar-refractivity contribution in [1.82, 2.24) is 4.57 Å². The van der Waals surface area contributed by atoms with Crippen molar-refractivity contribution in [1.29, 1.82) is 0 Å². The van der Waals surface area contributed by atoms with Crippen molar-refractivity contribution in [2.24, 2.45) is 0 Å². The van der Waals surface area contributed by atoms with E-state index in [1.54, 1.807) is 25.3 Å². The quantitative estimate of drug-likeness (QED) is 0.227. The summed E-state index contributed by atoms with van der Waals surface area (Å²) in [6.45, 7) is 0.295. The SMILES string of the molecule is COc1ccc(/C=C/C(=O)c2ccc(-n3cccc3)cc2)cc1COc1ccccc1Cl. The largest absolute Gasteiger partial charge is 0.496 e. The second-order valence-electron chi connectivity index (χ2n) is 7.13. The van der Waals surface area contributed by atoms with E-state index in [4.69, 9.17) is 21.1 Å². The number of carbonyl (C=O) groups is 1. The van der Waals surface area contributed by atoms with Crippen molar-refractivity contribution < 1.29 is 14.3 Å². The number of benzene rings is 3. The number of para-hydroxylation sites is 1. The average molecular weight is 444 g/mol. The smallest absolute Gasteiger partial charge is 0.185 e. The standard InChI is InChI=1S/C27H22ClNO3/c1-31-26-15-9-20(18-22(26)19-32-27-7-3-2-6-24(27)28)8-14-25(30)21-10-12-23(13-11-21)29-16-4-5-17-29/h2-18H,19H2,1H3/b14-8+. The fourth-order valence-electron chi connectivity index (χ4n) is 3.30. The Morgan fingerprint density at radius 2 is 1.69 bits per heavy atom. The highest BCUT2D eigenvalue weighted by Crippen LogP contribution is 2.27. The Labute approximate surface area is 192 Å². The van der Waals surface area contributed by atoms with Crippen LogP contribution in [0.15, 0.2) is 97.3 Å². The lowest BCUT2D eigenvalue weighted by molar-refractivity contribution is 0.104. The zero-order valence-electron chi connectivity index (χ0n) is 17.6. The van der Waals surface area contributed by atoms with Gasteiger partial charge < -0.3 is 14.0 Å². The Hall–Kier alpha value is -3.76. The van der Waals surface area contributed by atoms with Gasteiger partial charge >= 0.3 is 0 Å². The molecule has 32 heavy (non-hydrogen) atoms. The lowest BCUT2D eigenvalue weighted by Crippen LogP contribution is -2.00. The minimum atomic E-state index is -0.0614. The topological polar surface area (TPSA) is 40.5 Å². The van der Waals surface area contributed by atoms with Gasteiger partial charge in [-0.2, -0.15) is 0 Å². The number of methoxy groups -OCH3 is 1. The molecule has 1 aromatic heterocycles. The van der Waals surface area contributed by atoms with Crippen molar-refractivity contribution in [2.45, 2.75) is 6.61 Å². The van der Waals surface area contributed by atoms with E-state index in [2.05, 4.69) is 0 Å². The lowest BCUT2D eigenvalue weighted by atomic mass is 10.1. The third kappa shape index (κ3) is 5.10. The molecule has 0 unspecified atom stereocenters. The first-order chi connectivity index (χ1) is 15.6. The highest BCUT2D eigenvalue weighted by atomic mass is 35.5. The van der Waals surface area contributed by atoms with Crippen LogP contribution in [0, 0.1) is 0 Å². The number of aromatic nitrogens is 1. The summed E-state index contributed by atoms with van der Waals surface area (Å²) in [4.78, 5) is 12.6. The summed E-state index contributed by atoms with van der Waals surface area (Å²) in [5.74, 6) is 1.26. The molecular formula is C27H22ClNO3. The average Bonchev–Trinajstić information content (AvgIpc) is 3.37. The third-order valence-corrected chi connectivity index (χ3v) is 5.32. The number of ketones is 1. The van der Waals surface area contributed by atoms with Gasteiger partial charge in [-0.1, -0.05) is 35.9 Å². The van der Waals surface area contributed by atoms with Crippen LogP contribution in [0.1, 0.15) is 21.5 Å². The Balaban J connectivity index is 1.46. The third-order valence-electron chi connectivity index (χ3n) is 5.01. The van der Waals surface area contributed by atoms with Crippen molar-refractivity contribution in [3.8, 4) is 17.2 Å². The molecule has 0 aliphatic carbocycles. The van der Waals surface area contributed by atoms with Crippen LogP contribution in [0.5, 0.6) is 11.5 Å².